The van der Waals surface area contributed by atoms with Crippen LogP contribution in [0.5, 0.6) is 0 Å². The van der Waals surface area contributed by atoms with Crippen molar-refractivity contribution in [3.8, 4) is 0 Å². The maximum Gasteiger partial charge on any atom is 0.131 e. The molecule has 15 heavy (non-hydrogen) atoms. The lowest BCUT2D eigenvalue weighted by Gasteiger charge is -2.14. The predicted octanol–water partition coefficient (Wildman–Crippen LogP) is 2.44. The van der Waals surface area contributed by atoms with E-state index in [0.717, 1.165) is 15.7 Å². The van der Waals surface area contributed by atoms with Crippen LogP contribution in [-0.2, 0) is 7.05 Å². The van der Waals surface area contributed by atoms with Crippen LogP contribution in [0.3, 0.4) is 0 Å². The van der Waals surface area contributed by atoms with Gasteiger partial charge >= 0.3 is 0 Å². The van der Waals surface area contributed by atoms with E-state index in [0.29, 0.717) is 0 Å². The largest absolute Gasteiger partial charge is 0.336 e. The molecule has 0 saturated heterocycles. The highest BCUT2D eigenvalue weighted by atomic mass is 35.5. The van der Waals surface area contributed by atoms with Crippen LogP contribution in [0.1, 0.15) is 16.7 Å². The molecule has 5 heteroatoms. The van der Waals surface area contributed by atoms with E-state index in [4.69, 9.17) is 11.6 Å². The number of aryl methyl sites for hydroxylation is 1. The fourth-order valence-corrected chi connectivity index (χ4v) is 2.82. The molecule has 2 heterocycles. The second-order valence-corrected chi connectivity index (χ2v) is 4.61. The molecule has 2 rings (SSSR count). The zero-order valence-electron chi connectivity index (χ0n) is 8.57. The smallest absolute Gasteiger partial charge is 0.131 e. The molecule has 0 fully saturated rings. The predicted molar refractivity (Wildman–Crippen MR) is 63.4 cm³/mol. The highest BCUT2D eigenvalue weighted by Gasteiger charge is 2.19. The molecule has 1 unspecified atom stereocenters. The average molecular weight is 242 g/mol. The topological polar surface area (TPSA) is 29.9 Å². The first-order valence-electron chi connectivity index (χ1n) is 4.61. The molecule has 0 aromatic carbocycles. The second kappa shape index (κ2) is 4.35. The fourth-order valence-electron chi connectivity index (χ4n) is 1.54. The van der Waals surface area contributed by atoms with Crippen molar-refractivity contribution in [1.29, 1.82) is 0 Å². The standard InChI is InChI=1S/C10H12ClN3S/c1-12-8(9-7(11)3-6-15-9)10-13-4-5-14(10)2/h3-6,8,12H,1-2H3. The Labute approximate surface area is 97.7 Å². The van der Waals surface area contributed by atoms with Crippen LogP contribution in [-0.4, -0.2) is 16.6 Å². The van der Waals surface area contributed by atoms with E-state index < -0.39 is 0 Å². The van der Waals surface area contributed by atoms with E-state index in [9.17, 15) is 0 Å². The van der Waals surface area contributed by atoms with Crippen LogP contribution in [0.2, 0.25) is 5.02 Å². The summed E-state index contributed by atoms with van der Waals surface area (Å²) in [6.07, 6.45) is 3.72. The van der Waals surface area contributed by atoms with Gasteiger partial charge in [0.05, 0.1) is 5.02 Å². The summed E-state index contributed by atoms with van der Waals surface area (Å²) in [6.45, 7) is 0. The summed E-state index contributed by atoms with van der Waals surface area (Å²) >= 11 is 7.76. The van der Waals surface area contributed by atoms with Gasteiger partial charge < -0.3 is 9.88 Å². The van der Waals surface area contributed by atoms with Crippen molar-refractivity contribution in [2.75, 3.05) is 7.05 Å². The lowest BCUT2D eigenvalue weighted by molar-refractivity contribution is 0.626. The van der Waals surface area contributed by atoms with Crippen molar-refractivity contribution in [1.82, 2.24) is 14.9 Å². The molecule has 0 aliphatic rings. The molecule has 0 bridgehead atoms. The Hall–Kier alpha value is -0.840. The molecular weight excluding hydrogens is 230 g/mol. The lowest BCUT2D eigenvalue weighted by Crippen LogP contribution is -2.20. The number of nitrogens with zero attached hydrogens (tertiary/aromatic N) is 2. The number of imidazole rings is 1. The van der Waals surface area contributed by atoms with Crippen LogP contribution >= 0.6 is 22.9 Å². The minimum atomic E-state index is 0.0671. The first kappa shape index (κ1) is 10.7. The number of rotatable bonds is 3. The van der Waals surface area contributed by atoms with E-state index in [2.05, 4.69) is 10.3 Å². The fraction of sp³-hybridized carbons (Fsp3) is 0.300. The molecule has 1 N–H and O–H groups in total. The normalized spacial score (nSPS) is 13.0. The molecule has 2 aromatic rings. The third kappa shape index (κ3) is 1.93. The van der Waals surface area contributed by atoms with E-state index in [1.807, 2.05) is 36.3 Å². The van der Waals surface area contributed by atoms with Gasteiger partial charge in [0.1, 0.15) is 11.9 Å². The molecule has 3 nitrogen and oxygen atoms in total. The highest BCUT2D eigenvalue weighted by Crippen LogP contribution is 2.31. The van der Waals surface area contributed by atoms with Gasteiger partial charge in [0.25, 0.3) is 0 Å². The Morgan fingerprint density at radius 3 is 2.87 bits per heavy atom. The van der Waals surface area contributed by atoms with Crippen molar-refractivity contribution < 1.29 is 0 Å². The molecule has 0 aliphatic heterocycles. The second-order valence-electron chi connectivity index (χ2n) is 3.25. The average Bonchev–Trinajstić information content (AvgIpc) is 2.80. The van der Waals surface area contributed by atoms with E-state index in [1.54, 1.807) is 17.5 Å². The summed E-state index contributed by atoms with van der Waals surface area (Å²) in [6, 6.07) is 1.98. The Morgan fingerprint density at radius 2 is 2.40 bits per heavy atom. The van der Waals surface area contributed by atoms with Crippen LogP contribution in [0.4, 0.5) is 0 Å². The summed E-state index contributed by atoms with van der Waals surface area (Å²) in [5.74, 6) is 0.974. The minimum absolute atomic E-state index is 0.0671. The summed E-state index contributed by atoms with van der Waals surface area (Å²) in [7, 11) is 3.89. The lowest BCUT2D eigenvalue weighted by atomic mass is 10.2. The summed E-state index contributed by atoms with van der Waals surface area (Å²) in [4.78, 5) is 5.44. The zero-order valence-corrected chi connectivity index (χ0v) is 10.1. The van der Waals surface area contributed by atoms with Gasteiger partial charge in [-0.3, -0.25) is 0 Å². The monoisotopic (exact) mass is 241 g/mol. The molecule has 0 amide bonds. The summed E-state index contributed by atoms with van der Waals surface area (Å²) in [5, 5.41) is 6.02. The third-order valence-corrected chi connectivity index (χ3v) is 3.74. The van der Waals surface area contributed by atoms with Gasteiger partial charge in [-0.05, 0) is 18.5 Å². The van der Waals surface area contributed by atoms with E-state index >= 15 is 0 Å². The summed E-state index contributed by atoms with van der Waals surface area (Å²) < 4.78 is 2.00. The maximum atomic E-state index is 6.12. The van der Waals surface area contributed by atoms with Crippen LogP contribution < -0.4 is 5.32 Å². The molecule has 0 spiro atoms. The first-order chi connectivity index (χ1) is 7.24. The Bertz CT molecular complexity index is 409. The van der Waals surface area contributed by atoms with Gasteiger partial charge in [0.15, 0.2) is 0 Å². The Balaban J connectivity index is 2.41. The van der Waals surface area contributed by atoms with Gasteiger partial charge in [-0.1, -0.05) is 11.6 Å². The Kier molecular flexibility index (Phi) is 3.09. The summed E-state index contributed by atoms with van der Waals surface area (Å²) in [5.41, 5.74) is 0. The van der Waals surface area contributed by atoms with Gasteiger partial charge in [0.2, 0.25) is 0 Å². The number of hydrogen-bond donors (Lipinski definition) is 1. The minimum Gasteiger partial charge on any atom is -0.336 e. The molecule has 0 aliphatic carbocycles. The van der Waals surface area contributed by atoms with Crippen molar-refractivity contribution in [2.45, 2.75) is 6.04 Å². The van der Waals surface area contributed by atoms with Crippen LogP contribution in [0.15, 0.2) is 23.8 Å². The molecule has 1 atom stereocenters. The van der Waals surface area contributed by atoms with Crippen LogP contribution in [0.25, 0.3) is 0 Å². The Morgan fingerprint density at radius 1 is 1.60 bits per heavy atom. The van der Waals surface area contributed by atoms with Crippen molar-refractivity contribution >= 4 is 22.9 Å². The van der Waals surface area contributed by atoms with Gasteiger partial charge in [-0.15, -0.1) is 11.3 Å². The zero-order chi connectivity index (χ0) is 10.8. The number of aromatic nitrogens is 2. The number of thiophene rings is 1. The molecule has 80 valence electrons. The quantitative estimate of drug-likeness (QED) is 0.895. The number of nitrogens with one attached hydrogen (secondary N) is 1. The van der Waals surface area contributed by atoms with Crippen molar-refractivity contribution in [3.63, 3.8) is 0 Å². The highest BCUT2D eigenvalue weighted by molar-refractivity contribution is 7.10. The van der Waals surface area contributed by atoms with E-state index in [-0.39, 0.29) is 6.04 Å². The van der Waals surface area contributed by atoms with Gasteiger partial charge in [0, 0.05) is 24.3 Å². The molecule has 0 radical (unpaired) electrons. The molecular formula is C10H12ClN3S. The van der Waals surface area contributed by atoms with Crippen molar-refractivity contribution in [2.24, 2.45) is 7.05 Å². The van der Waals surface area contributed by atoms with Gasteiger partial charge in [-0.25, -0.2) is 4.98 Å². The number of halogens is 1. The molecule has 0 saturated carbocycles. The third-order valence-electron chi connectivity index (χ3n) is 2.31. The van der Waals surface area contributed by atoms with Crippen molar-refractivity contribution in [3.05, 3.63) is 39.6 Å². The number of hydrogen-bond acceptors (Lipinski definition) is 3. The first-order valence-corrected chi connectivity index (χ1v) is 5.87. The SMILES string of the molecule is CNC(c1sccc1Cl)c1nccn1C. The van der Waals surface area contributed by atoms with E-state index in [1.165, 1.54) is 0 Å². The molecule has 2 aromatic heterocycles. The van der Waals surface area contributed by atoms with Crippen LogP contribution in [0, 0.1) is 0 Å². The maximum absolute atomic E-state index is 6.12. The van der Waals surface area contributed by atoms with Gasteiger partial charge in [-0.2, -0.15) is 0 Å².